The van der Waals surface area contributed by atoms with Crippen LogP contribution in [-0.2, 0) is 20.9 Å². The minimum atomic E-state index is -0.653. The summed E-state index contributed by atoms with van der Waals surface area (Å²) in [6.45, 7) is 2.01. The van der Waals surface area contributed by atoms with E-state index in [-0.39, 0.29) is 24.2 Å². The quantitative estimate of drug-likeness (QED) is 0.339. The third-order valence-electron chi connectivity index (χ3n) is 4.00. The van der Waals surface area contributed by atoms with Crippen LogP contribution in [0.5, 0.6) is 0 Å². The number of hydrogen-bond donors (Lipinski definition) is 0. The number of fused-ring (bicyclic) bond motifs is 1. The highest BCUT2D eigenvalue weighted by atomic mass is 32.2. The molecule has 0 aromatic heterocycles. The second-order valence-electron chi connectivity index (χ2n) is 5.51. The second kappa shape index (κ2) is 6.64. The number of nitro groups is 1. The number of thioether (sulfide) groups is 1. The van der Waals surface area contributed by atoms with Crippen LogP contribution in [0.15, 0.2) is 35.2 Å². The number of benzene rings is 1. The average molecular weight is 348 g/mol. The lowest BCUT2D eigenvalue weighted by atomic mass is 10.0. The minimum absolute atomic E-state index is 0.00322. The summed E-state index contributed by atoms with van der Waals surface area (Å²) >= 11 is 1.54. The predicted molar refractivity (Wildman–Crippen MR) is 88.1 cm³/mol. The molecule has 3 rings (SSSR count). The van der Waals surface area contributed by atoms with Crippen molar-refractivity contribution in [2.75, 3.05) is 5.75 Å². The molecule has 0 aliphatic carbocycles. The van der Waals surface area contributed by atoms with E-state index in [9.17, 15) is 19.7 Å². The van der Waals surface area contributed by atoms with Gasteiger partial charge in [-0.25, -0.2) is 4.79 Å². The van der Waals surface area contributed by atoms with Gasteiger partial charge < -0.3 is 9.64 Å². The van der Waals surface area contributed by atoms with Crippen LogP contribution < -0.4 is 0 Å². The highest BCUT2D eigenvalue weighted by molar-refractivity contribution is 8.03. The molecule has 2 atom stereocenters. The molecule has 1 saturated heterocycles. The third kappa shape index (κ3) is 3.01. The Morgan fingerprint density at radius 2 is 2.12 bits per heavy atom. The maximum absolute atomic E-state index is 12.4. The number of β-lactam (4-membered cyclic amide) rings is 1. The fraction of sp³-hybridized carbons (Fsp3) is 0.375. The van der Waals surface area contributed by atoms with Gasteiger partial charge in [0.15, 0.2) is 6.04 Å². The number of amides is 1. The van der Waals surface area contributed by atoms with Gasteiger partial charge in [-0.2, -0.15) is 0 Å². The Morgan fingerprint density at radius 1 is 1.42 bits per heavy atom. The molecule has 2 aliphatic heterocycles. The van der Waals surface area contributed by atoms with Gasteiger partial charge in [-0.15, -0.1) is 11.8 Å². The molecule has 2 unspecified atom stereocenters. The Labute approximate surface area is 142 Å². The summed E-state index contributed by atoms with van der Waals surface area (Å²) in [7, 11) is 0. The van der Waals surface area contributed by atoms with Gasteiger partial charge in [0.25, 0.3) is 5.69 Å². The third-order valence-corrected chi connectivity index (χ3v) is 4.98. The molecule has 2 aliphatic rings. The molecule has 24 heavy (non-hydrogen) atoms. The number of ether oxygens (including phenoxy) is 1. The highest BCUT2D eigenvalue weighted by Gasteiger charge is 2.49. The van der Waals surface area contributed by atoms with E-state index in [4.69, 9.17) is 4.74 Å². The first kappa shape index (κ1) is 16.5. The zero-order chi connectivity index (χ0) is 17.3. The molecule has 0 spiro atoms. The van der Waals surface area contributed by atoms with Crippen LogP contribution in [0.3, 0.4) is 0 Å². The molecule has 8 heteroatoms. The van der Waals surface area contributed by atoms with Gasteiger partial charge in [0.2, 0.25) is 5.91 Å². The van der Waals surface area contributed by atoms with Crippen molar-refractivity contribution in [1.82, 2.24) is 4.90 Å². The van der Waals surface area contributed by atoms with Gasteiger partial charge in [-0.1, -0.05) is 6.92 Å². The molecule has 0 saturated carbocycles. The van der Waals surface area contributed by atoms with Gasteiger partial charge in [0.1, 0.15) is 6.61 Å². The zero-order valence-electron chi connectivity index (χ0n) is 13.0. The van der Waals surface area contributed by atoms with E-state index < -0.39 is 16.9 Å². The highest BCUT2D eigenvalue weighted by Crippen LogP contribution is 2.39. The number of hydrogen-bond acceptors (Lipinski definition) is 6. The van der Waals surface area contributed by atoms with Gasteiger partial charge in [0.05, 0.1) is 17.4 Å². The maximum Gasteiger partial charge on any atom is 0.334 e. The van der Waals surface area contributed by atoms with Crippen LogP contribution in [0.1, 0.15) is 18.9 Å². The normalized spacial score (nSPS) is 21.8. The summed E-state index contributed by atoms with van der Waals surface area (Å²) < 4.78 is 5.33. The van der Waals surface area contributed by atoms with E-state index in [0.29, 0.717) is 12.0 Å². The largest absolute Gasteiger partial charge is 0.459 e. The van der Waals surface area contributed by atoms with Crippen LogP contribution >= 0.6 is 11.8 Å². The van der Waals surface area contributed by atoms with E-state index in [0.717, 1.165) is 10.7 Å². The lowest BCUT2D eigenvalue weighted by molar-refractivity contribution is -0.384. The van der Waals surface area contributed by atoms with Gasteiger partial charge >= 0.3 is 5.97 Å². The number of non-ortho nitro benzene ring substituents is 1. The van der Waals surface area contributed by atoms with Gasteiger partial charge in [-0.3, -0.25) is 14.9 Å². The van der Waals surface area contributed by atoms with Crippen molar-refractivity contribution in [3.05, 3.63) is 50.9 Å². The Hall–Kier alpha value is -2.35. The number of nitrogens with zero attached hydrogens (tertiary/aromatic N) is 2. The maximum atomic E-state index is 12.4. The van der Waals surface area contributed by atoms with Crippen molar-refractivity contribution in [3.63, 3.8) is 0 Å². The van der Waals surface area contributed by atoms with Crippen LogP contribution in [0.25, 0.3) is 0 Å². The summed E-state index contributed by atoms with van der Waals surface area (Å²) in [6, 6.07) is 5.19. The Bertz CT molecular complexity index is 716. The molecule has 1 fully saturated rings. The van der Waals surface area contributed by atoms with Crippen LogP contribution in [0.2, 0.25) is 0 Å². The molecule has 126 valence electrons. The molecule has 0 N–H and O–H groups in total. The number of esters is 1. The minimum Gasteiger partial charge on any atom is -0.459 e. The van der Waals surface area contributed by atoms with Gasteiger partial charge in [-0.05, 0) is 29.5 Å². The summed E-state index contributed by atoms with van der Waals surface area (Å²) in [6.07, 6.45) is 2.41. The molecule has 1 aromatic rings. The van der Waals surface area contributed by atoms with Crippen molar-refractivity contribution in [2.45, 2.75) is 32.0 Å². The molecule has 0 radical (unpaired) electrons. The number of rotatable bonds is 6. The van der Waals surface area contributed by atoms with Crippen molar-refractivity contribution in [3.8, 4) is 0 Å². The Balaban J connectivity index is 1.64. The van der Waals surface area contributed by atoms with Crippen LogP contribution in [0.4, 0.5) is 5.69 Å². The van der Waals surface area contributed by atoms with Gasteiger partial charge in [0, 0.05) is 17.0 Å². The molecular formula is C16H16N2O5S. The molecule has 2 heterocycles. The fourth-order valence-electron chi connectivity index (χ4n) is 2.82. The van der Waals surface area contributed by atoms with E-state index in [1.165, 1.54) is 12.1 Å². The second-order valence-corrected chi connectivity index (χ2v) is 6.85. The zero-order valence-corrected chi connectivity index (χ0v) is 13.8. The van der Waals surface area contributed by atoms with Crippen molar-refractivity contribution in [1.29, 1.82) is 0 Å². The Kier molecular flexibility index (Phi) is 4.57. The van der Waals surface area contributed by atoms with E-state index in [1.54, 1.807) is 28.8 Å². The summed E-state index contributed by atoms with van der Waals surface area (Å²) in [4.78, 5) is 36.8. The molecule has 7 nitrogen and oxygen atoms in total. The molecule has 0 bridgehead atoms. The summed E-state index contributed by atoms with van der Waals surface area (Å²) in [5.41, 5.74) is 0.645. The van der Waals surface area contributed by atoms with E-state index >= 15 is 0 Å². The van der Waals surface area contributed by atoms with Crippen molar-refractivity contribution >= 4 is 29.3 Å². The Morgan fingerprint density at radius 3 is 2.71 bits per heavy atom. The van der Waals surface area contributed by atoms with E-state index in [1.807, 2.05) is 13.0 Å². The topological polar surface area (TPSA) is 89.8 Å². The number of nitro benzene ring substituents is 1. The monoisotopic (exact) mass is 348 g/mol. The number of carbonyl (C=O) groups excluding carboxylic acids is 2. The predicted octanol–water partition coefficient (Wildman–Crippen LogP) is 2.26. The lowest BCUT2D eigenvalue weighted by Crippen LogP contribution is -2.55. The lowest BCUT2D eigenvalue weighted by Gasteiger charge is -2.38. The van der Waals surface area contributed by atoms with Crippen LogP contribution in [-0.4, -0.2) is 39.5 Å². The number of carbonyl (C=O) groups is 2. The first-order valence-electron chi connectivity index (χ1n) is 7.57. The summed E-state index contributed by atoms with van der Waals surface area (Å²) in [5, 5.41) is 10.6. The fourth-order valence-corrected chi connectivity index (χ4v) is 3.77. The smallest absolute Gasteiger partial charge is 0.334 e. The van der Waals surface area contributed by atoms with Crippen molar-refractivity contribution < 1.29 is 19.2 Å². The average Bonchev–Trinajstić information content (AvgIpc) is 2.85. The molecule has 1 amide bonds. The molecule has 1 aromatic carbocycles. The SMILES string of the molecule is CCSC1=CC2CC(=O)N2C1C(=O)OCc1ccc([N+](=O)[O-])cc1. The van der Waals surface area contributed by atoms with E-state index in [2.05, 4.69) is 0 Å². The van der Waals surface area contributed by atoms with Crippen molar-refractivity contribution in [2.24, 2.45) is 0 Å². The summed E-state index contributed by atoms with van der Waals surface area (Å²) in [5.74, 6) is 0.309. The first-order valence-corrected chi connectivity index (χ1v) is 8.55. The standard InChI is InChI=1S/C16H16N2O5S/c1-2-24-13-7-12-8-14(19)17(12)15(13)16(20)23-9-10-3-5-11(6-4-10)18(21)22/h3-7,12,15H,2,8-9H2,1H3. The first-order chi connectivity index (χ1) is 11.5. The van der Waals surface area contributed by atoms with Crippen LogP contribution in [0, 0.1) is 10.1 Å². The molecular weight excluding hydrogens is 332 g/mol.